The van der Waals surface area contributed by atoms with Gasteiger partial charge in [0.25, 0.3) is 0 Å². The summed E-state index contributed by atoms with van der Waals surface area (Å²) in [7, 11) is 0. The smallest absolute Gasteiger partial charge is 0.193 e. The summed E-state index contributed by atoms with van der Waals surface area (Å²) in [5.74, 6) is 2.15. The monoisotopic (exact) mass is 324 g/mol. The molecule has 5 nitrogen and oxygen atoms in total. The second-order valence-electron chi connectivity index (χ2n) is 7.04. The number of aliphatic hydroxyl groups is 1. The van der Waals surface area contributed by atoms with E-state index < -0.39 is 0 Å². The SMILES string of the molecule is CCNC(=NCC1CCCC1O)N1CCC(CN(CC)CC)C1. The Bertz CT molecular complexity index is 370. The standard InChI is InChI=1S/C18H36N4O/c1-4-19-18(20-12-16-8-7-9-17(16)23)22-11-10-15(14-22)13-21(5-2)6-3/h15-17,23H,4-14H2,1-3H3,(H,19,20). The average Bonchev–Trinajstić information content (AvgIpc) is 3.18. The van der Waals surface area contributed by atoms with Crippen molar-refractivity contribution in [2.45, 2.75) is 52.6 Å². The van der Waals surface area contributed by atoms with Gasteiger partial charge in [-0.1, -0.05) is 20.3 Å². The van der Waals surface area contributed by atoms with Gasteiger partial charge < -0.3 is 20.2 Å². The maximum Gasteiger partial charge on any atom is 0.193 e. The Morgan fingerprint density at radius 2 is 2.00 bits per heavy atom. The van der Waals surface area contributed by atoms with Gasteiger partial charge >= 0.3 is 0 Å². The molecule has 1 aliphatic carbocycles. The minimum Gasteiger partial charge on any atom is -0.393 e. The van der Waals surface area contributed by atoms with Crippen LogP contribution in [0.15, 0.2) is 4.99 Å². The third-order valence-corrected chi connectivity index (χ3v) is 5.43. The molecular formula is C18H36N4O. The van der Waals surface area contributed by atoms with E-state index in [1.165, 1.54) is 13.0 Å². The highest BCUT2D eigenvalue weighted by atomic mass is 16.3. The van der Waals surface area contributed by atoms with Gasteiger partial charge in [-0.2, -0.15) is 0 Å². The lowest BCUT2D eigenvalue weighted by atomic mass is 10.1. The summed E-state index contributed by atoms with van der Waals surface area (Å²) in [5.41, 5.74) is 0. The van der Waals surface area contributed by atoms with Crippen LogP contribution in [0, 0.1) is 11.8 Å². The minimum absolute atomic E-state index is 0.143. The van der Waals surface area contributed by atoms with Crippen molar-refractivity contribution in [3.05, 3.63) is 0 Å². The summed E-state index contributed by atoms with van der Waals surface area (Å²) >= 11 is 0. The van der Waals surface area contributed by atoms with Gasteiger partial charge in [0, 0.05) is 38.6 Å². The summed E-state index contributed by atoms with van der Waals surface area (Å²) in [6, 6.07) is 0. The second kappa shape index (κ2) is 9.48. The first-order valence-corrected chi connectivity index (χ1v) is 9.61. The molecule has 1 saturated heterocycles. The molecule has 0 aromatic rings. The Hall–Kier alpha value is -0.810. The lowest BCUT2D eigenvalue weighted by Gasteiger charge is -2.25. The van der Waals surface area contributed by atoms with Gasteiger partial charge in [-0.15, -0.1) is 0 Å². The molecule has 3 unspecified atom stereocenters. The lowest BCUT2D eigenvalue weighted by molar-refractivity contribution is 0.136. The van der Waals surface area contributed by atoms with E-state index in [1.807, 2.05) is 0 Å². The van der Waals surface area contributed by atoms with Crippen LogP contribution < -0.4 is 5.32 Å². The highest BCUT2D eigenvalue weighted by molar-refractivity contribution is 5.80. The van der Waals surface area contributed by atoms with Gasteiger partial charge in [-0.05, 0) is 45.2 Å². The van der Waals surface area contributed by atoms with Crippen molar-refractivity contribution in [2.24, 2.45) is 16.8 Å². The zero-order valence-electron chi connectivity index (χ0n) is 15.3. The van der Waals surface area contributed by atoms with Crippen LogP contribution >= 0.6 is 0 Å². The molecule has 0 amide bonds. The number of nitrogens with one attached hydrogen (secondary N) is 1. The third kappa shape index (κ3) is 5.35. The molecule has 0 spiro atoms. The van der Waals surface area contributed by atoms with Crippen molar-refractivity contribution < 1.29 is 5.11 Å². The van der Waals surface area contributed by atoms with Crippen molar-refractivity contribution in [3.8, 4) is 0 Å². The third-order valence-electron chi connectivity index (χ3n) is 5.43. The lowest BCUT2D eigenvalue weighted by Crippen LogP contribution is -2.41. The predicted molar refractivity (Wildman–Crippen MR) is 96.8 cm³/mol. The van der Waals surface area contributed by atoms with Crippen LogP contribution in [0.25, 0.3) is 0 Å². The Kier molecular flexibility index (Phi) is 7.63. The molecule has 2 rings (SSSR count). The van der Waals surface area contributed by atoms with Gasteiger partial charge in [0.05, 0.1) is 6.10 Å². The molecule has 2 fully saturated rings. The van der Waals surface area contributed by atoms with E-state index in [0.717, 1.165) is 70.4 Å². The van der Waals surface area contributed by atoms with Crippen molar-refractivity contribution in [1.82, 2.24) is 15.1 Å². The average molecular weight is 325 g/mol. The molecular weight excluding hydrogens is 288 g/mol. The summed E-state index contributed by atoms with van der Waals surface area (Å²) in [6.45, 7) is 14.0. The fourth-order valence-corrected chi connectivity index (χ4v) is 3.88. The van der Waals surface area contributed by atoms with Crippen LogP contribution in [-0.2, 0) is 0 Å². The molecule has 2 aliphatic rings. The fraction of sp³-hybridized carbons (Fsp3) is 0.944. The second-order valence-corrected chi connectivity index (χ2v) is 7.04. The number of aliphatic hydroxyl groups excluding tert-OH is 1. The van der Waals surface area contributed by atoms with Crippen LogP contribution in [0.3, 0.4) is 0 Å². The molecule has 5 heteroatoms. The van der Waals surface area contributed by atoms with E-state index in [-0.39, 0.29) is 6.10 Å². The number of rotatable bonds is 7. The fourth-order valence-electron chi connectivity index (χ4n) is 3.88. The maximum absolute atomic E-state index is 9.98. The molecule has 0 bridgehead atoms. The van der Waals surface area contributed by atoms with Crippen LogP contribution in [0.1, 0.15) is 46.5 Å². The van der Waals surface area contributed by atoms with Gasteiger partial charge in [-0.3, -0.25) is 4.99 Å². The summed E-state index contributed by atoms with van der Waals surface area (Å²) in [4.78, 5) is 9.78. The highest BCUT2D eigenvalue weighted by Gasteiger charge is 2.28. The molecule has 0 aromatic carbocycles. The summed E-state index contributed by atoms with van der Waals surface area (Å²) in [6.07, 6.45) is 4.33. The molecule has 1 saturated carbocycles. The van der Waals surface area contributed by atoms with Gasteiger partial charge in [0.2, 0.25) is 0 Å². The molecule has 23 heavy (non-hydrogen) atoms. The number of guanidine groups is 1. The predicted octanol–water partition coefficient (Wildman–Crippen LogP) is 1.78. The Balaban J connectivity index is 1.88. The number of likely N-dealkylation sites (tertiary alicyclic amines) is 1. The van der Waals surface area contributed by atoms with Crippen LogP contribution in [0.4, 0.5) is 0 Å². The first-order valence-electron chi connectivity index (χ1n) is 9.61. The van der Waals surface area contributed by atoms with Crippen molar-refractivity contribution in [1.29, 1.82) is 0 Å². The Morgan fingerprint density at radius 1 is 1.22 bits per heavy atom. The van der Waals surface area contributed by atoms with E-state index in [1.54, 1.807) is 0 Å². The Morgan fingerprint density at radius 3 is 2.61 bits per heavy atom. The van der Waals surface area contributed by atoms with Crippen LogP contribution in [-0.4, -0.2) is 72.8 Å². The maximum atomic E-state index is 9.98. The first-order chi connectivity index (χ1) is 11.2. The molecule has 3 atom stereocenters. The molecule has 0 radical (unpaired) electrons. The Labute approximate surface area is 142 Å². The van der Waals surface area contributed by atoms with Gasteiger partial charge in [0.1, 0.15) is 0 Å². The van der Waals surface area contributed by atoms with E-state index in [2.05, 4.69) is 35.9 Å². The summed E-state index contributed by atoms with van der Waals surface area (Å²) in [5, 5.41) is 13.4. The number of aliphatic imine (C=N–C) groups is 1. The van der Waals surface area contributed by atoms with E-state index >= 15 is 0 Å². The number of hydrogen-bond donors (Lipinski definition) is 2. The van der Waals surface area contributed by atoms with E-state index in [9.17, 15) is 5.11 Å². The normalized spacial score (nSPS) is 28.8. The summed E-state index contributed by atoms with van der Waals surface area (Å²) < 4.78 is 0. The quantitative estimate of drug-likeness (QED) is 0.554. The van der Waals surface area contributed by atoms with E-state index in [0.29, 0.717) is 5.92 Å². The minimum atomic E-state index is -0.143. The van der Waals surface area contributed by atoms with Crippen LogP contribution in [0.2, 0.25) is 0 Å². The first kappa shape index (κ1) is 18.5. The van der Waals surface area contributed by atoms with E-state index in [4.69, 9.17) is 4.99 Å². The molecule has 0 aromatic heterocycles. The van der Waals surface area contributed by atoms with Gasteiger partial charge in [0.15, 0.2) is 5.96 Å². The molecule has 134 valence electrons. The topological polar surface area (TPSA) is 51.1 Å². The highest BCUT2D eigenvalue weighted by Crippen LogP contribution is 2.26. The zero-order valence-corrected chi connectivity index (χ0v) is 15.3. The van der Waals surface area contributed by atoms with Crippen molar-refractivity contribution >= 4 is 5.96 Å². The number of hydrogen-bond acceptors (Lipinski definition) is 3. The molecule has 1 aliphatic heterocycles. The van der Waals surface area contributed by atoms with Crippen LogP contribution in [0.5, 0.6) is 0 Å². The van der Waals surface area contributed by atoms with Crippen molar-refractivity contribution in [2.75, 3.05) is 45.8 Å². The zero-order chi connectivity index (χ0) is 16.7. The number of nitrogens with zero attached hydrogens (tertiary/aromatic N) is 3. The van der Waals surface area contributed by atoms with Gasteiger partial charge in [-0.25, -0.2) is 0 Å². The largest absolute Gasteiger partial charge is 0.393 e. The molecule has 1 heterocycles. The molecule has 2 N–H and O–H groups in total. The van der Waals surface area contributed by atoms with Crippen molar-refractivity contribution in [3.63, 3.8) is 0 Å².